The maximum atomic E-state index is 9.68. The van der Waals surface area contributed by atoms with Crippen LogP contribution in [0.4, 0.5) is 0 Å². The molecule has 0 saturated heterocycles. The minimum absolute atomic E-state index is 0. The molecular formula is C15H17NaO6S. The van der Waals surface area contributed by atoms with Crippen molar-refractivity contribution >= 4 is 10.1 Å². The molecule has 0 spiro atoms. The molecule has 0 aliphatic rings. The molecule has 120 valence electrons. The Morgan fingerprint density at radius 3 is 1.70 bits per heavy atom. The topological polar surface area (TPSA) is 107 Å². The normalized spacial score (nSPS) is 10.0. The van der Waals surface area contributed by atoms with E-state index in [1.807, 2.05) is 0 Å². The number of phenols is 2. The summed E-state index contributed by atoms with van der Waals surface area (Å²) in [5, 5.41) is 18.4. The van der Waals surface area contributed by atoms with Crippen molar-refractivity contribution in [3.05, 3.63) is 48.5 Å². The molecule has 0 aliphatic carbocycles. The van der Waals surface area contributed by atoms with Gasteiger partial charge in [-0.15, -0.1) is 0 Å². The van der Waals surface area contributed by atoms with Gasteiger partial charge >= 0.3 is 29.6 Å². The average Bonchev–Trinajstić information content (AvgIpc) is 2.38. The quantitative estimate of drug-likeness (QED) is 0.587. The monoisotopic (exact) mass is 348 g/mol. The number of ether oxygens (including phenoxy) is 1. The molecule has 8 heteroatoms. The van der Waals surface area contributed by atoms with Gasteiger partial charge in [-0.05, 0) is 30.7 Å². The molecule has 0 aliphatic heterocycles. The number of hydrogen-bond acceptors (Lipinski definition) is 6. The van der Waals surface area contributed by atoms with Crippen LogP contribution in [0.5, 0.6) is 23.0 Å². The zero-order valence-electron chi connectivity index (χ0n) is 13.0. The summed E-state index contributed by atoms with van der Waals surface area (Å²) in [6, 6.07) is 13.0. The van der Waals surface area contributed by atoms with E-state index < -0.39 is 10.1 Å². The van der Waals surface area contributed by atoms with Crippen LogP contribution in [-0.2, 0) is 10.1 Å². The first-order chi connectivity index (χ1) is 10.3. The van der Waals surface area contributed by atoms with Crippen molar-refractivity contribution < 1.29 is 57.5 Å². The van der Waals surface area contributed by atoms with Gasteiger partial charge in [0.2, 0.25) is 0 Å². The third-order valence-corrected chi connectivity index (χ3v) is 3.23. The molecule has 0 heterocycles. The summed E-state index contributed by atoms with van der Waals surface area (Å²) in [4.78, 5) is 0. The Balaban J connectivity index is 0.000000522. The van der Waals surface area contributed by atoms with E-state index in [2.05, 4.69) is 0 Å². The molecule has 0 radical (unpaired) electrons. The Labute approximate surface area is 157 Å². The SMILES string of the molecule is CCCS(=O)(=O)[O-].Oc1cccc(Oc2cccc(O)c2)c1.[Na+]. The summed E-state index contributed by atoms with van der Waals surface area (Å²) >= 11 is 0. The van der Waals surface area contributed by atoms with Crippen molar-refractivity contribution in [1.82, 2.24) is 0 Å². The zero-order chi connectivity index (χ0) is 16.6. The van der Waals surface area contributed by atoms with E-state index in [0.717, 1.165) is 0 Å². The van der Waals surface area contributed by atoms with Crippen LogP contribution < -0.4 is 34.3 Å². The molecule has 2 aromatic rings. The van der Waals surface area contributed by atoms with Gasteiger partial charge in [-0.1, -0.05) is 19.1 Å². The van der Waals surface area contributed by atoms with Crippen molar-refractivity contribution in [2.24, 2.45) is 0 Å². The molecule has 0 atom stereocenters. The van der Waals surface area contributed by atoms with Crippen LogP contribution in [-0.4, -0.2) is 28.9 Å². The van der Waals surface area contributed by atoms with E-state index in [0.29, 0.717) is 17.9 Å². The summed E-state index contributed by atoms with van der Waals surface area (Å²) in [6.07, 6.45) is 0.409. The van der Waals surface area contributed by atoms with Crippen molar-refractivity contribution in [2.45, 2.75) is 13.3 Å². The van der Waals surface area contributed by atoms with Gasteiger partial charge in [0.05, 0.1) is 10.1 Å². The Kier molecular flexibility index (Phi) is 9.94. The summed E-state index contributed by atoms with van der Waals surface area (Å²) in [5.74, 6) is 1.11. The van der Waals surface area contributed by atoms with Crippen molar-refractivity contribution in [1.29, 1.82) is 0 Å². The van der Waals surface area contributed by atoms with Gasteiger partial charge in [0.25, 0.3) is 0 Å². The van der Waals surface area contributed by atoms with Gasteiger partial charge in [0, 0.05) is 17.9 Å². The van der Waals surface area contributed by atoms with Gasteiger partial charge in [0.15, 0.2) is 0 Å². The minimum atomic E-state index is -3.92. The predicted molar refractivity (Wildman–Crippen MR) is 81.1 cm³/mol. The molecule has 6 nitrogen and oxygen atoms in total. The third kappa shape index (κ3) is 10.2. The Morgan fingerprint density at radius 2 is 1.43 bits per heavy atom. The van der Waals surface area contributed by atoms with Crippen molar-refractivity contribution in [3.8, 4) is 23.0 Å². The van der Waals surface area contributed by atoms with Crippen LogP contribution in [0.25, 0.3) is 0 Å². The smallest absolute Gasteiger partial charge is 0.748 e. The summed E-state index contributed by atoms with van der Waals surface area (Å²) in [7, 11) is -3.92. The van der Waals surface area contributed by atoms with Gasteiger partial charge in [-0.25, -0.2) is 8.42 Å². The maximum absolute atomic E-state index is 9.68. The third-order valence-electron chi connectivity index (χ3n) is 2.33. The number of rotatable bonds is 4. The summed E-state index contributed by atoms with van der Waals surface area (Å²) < 4.78 is 34.4. The van der Waals surface area contributed by atoms with Gasteiger partial charge < -0.3 is 19.5 Å². The molecule has 0 aromatic heterocycles. The number of phenolic OH excluding ortho intramolecular Hbond substituents is 2. The van der Waals surface area contributed by atoms with E-state index >= 15 is 0 Å². The van der Waals surface area contributed by atoms with Crippen LogP contribution in [0, 0.1) is 0 Å². The fraction of sp³-hybridized carbons (Fsp3) is 0.200. The second-order valence-electron chi connectivity index (χ2n) is 4.36. The van der Waals surface area contributed by atoms with Gasteiger partial charge in [0.1, 0.15) is 23.0 Å². The molecule has 0 saturated carbocycles. The molecule has 2 N–H and O–H groups in total. The number of benzene rings is 2. The van der Waals surface area contributed by atoms with Crippen LogP contribution in [0.15, 0.2) is 48.5 Å². The molecule has 2 aromatic carbocycles. The zero-order valence-corrected chi connectivity index (χ0v) is 15.8. The maximum Gasteiger partial charge on any atom is 1.00 e. The molecule has 0 amide bonds. The van der Waals surface area contributed by atoms with Crippen LogP contribution in [0.1, 0.15) is 13.3 Å². The van der Waals surface area contributed by atoms with Crippen LogP contribution >= 0.6 is 0 Å². The second-order valence-corrected chi connectivity index (χ2v) is 5.88. The van der Waals surface area contributed by atoms with Gasteiger partial charge in [-0.2, -0.15) is 0 Å². The average molecular weight is 348 g/mol. The molecule has 2 rings (SSSR count). The van der Waals surface area contributed by atoms with E-state index in [4.69, 9.17) is 4.74 Å². The standard InChI is InChI=1S/C12H10O3.C3H8O3S.Na/c13-9-3-1-5-11(7-9)15-12-6-2-4-10(14)8-12;1-2-3-7(4,5)6;/h1-8,13-14H;2-3H2,1H3,(H,4,5,6);/q;;+1/p-1. The predicted octanol–water partition coefficient (Wildman–Crippen LogP) is -0.164. The second kappa shape index (κ2) is 10.5. The first-order valence-corrected chi connectivity index (χ1v) is 8.07. The van der Waals surface area contributed by atoms with E-state index in [9.17, 15) is 23.2 Å². The van der Waals surface area contributed by atoms with Gasteiger partial charge in [-0.3, -0.25) is 0 Å². The molecule has 0 bridgehead atoms. The van der Waals surface area contributed by atoms with Crippen molar-refractivity contribution in [3.63, 3.8) is 0 Å². The molecule has 0 unspecified atom stereocenters. The minimum Gasteiger partial charge on any atom is -0.748 e. The fourth-order valence-corrected chi connectivity index (χ4v) is 1.98. The summed E-state index contributed by atoms with van der Waals surface area (Å²) in [5.41, 5.74) is 0. The molecule has 0 fully saturated rings. The largest absolute Gasteiger partial charge is 1.00 e. The number of aromatic hydroxyl groups is 2. The first-order valence-electron chi connectivity index (χ1n) is 6.49. The first kappa shape index (κ1) is 21.8. The van der Waals surface area contributed by atoms with E-state index in [1.165, 1.54) is 12.1 Å². The molecule has 23 heavy (non-hydrogen) atoms. The Bertz CT molecular complexity index is 659. The van der Waals surface area contributed by atoms with E-state index in [1.54, 1.807) is 43.3 Å². The Morgan fingerprint density at radius 1 is 1.00 bits per heavy atom. The van der Waals surface area contributed by atoms with Crippen LogP contribution in [0.3, 0.4) is 0 Å². The summed E-state index contributed by atoms with van der Waals surface area (Å²) in [6.45, 7) is 1.65. The van der Waals surface area contributed by atoms with Crippen molar-refractivity contribution in [2.75, 3.05) is 5.75 Å². The van der Waals surface area contributed by atoms with E-state index in [-0.39, 0.29) is 46.8 Å². The fourth-order valence-electron chi connectivity index (χ4n) is 1.48. The van der Waals surface area contributed by atoms with Crippen LogP contribution in [0.2, 0.25) is 0 Å². The molecular weight excluding hydrogens is 331 g/mol. The Hall–Kier alpha value is -1.25. The number of hydrogen-bond donors (Lipinski definition) is 2.